The van der Waals surface area contributed by atoms with E-state index < -0.39 is 12.1 Å². The van der Waals surface area contributed by atoms with Gasteiger partial charge in [-0.05, 0) is 12.1 Å². The first-order valence-corrected chi connectivity index (χ1v) is 6.11. The van der Waals surface area contributed by atoms with Crippen molar-refractivity contribution >= 4 is 22.6 Å². The van der Waals surface area contributed by atoms with Crippen LogP contribution in [0.2, 0.25) is 0 Å². The number of nitrogens with zero attached hydrogens (tertiary/aromatic N) is 2. The molecule has 1 aromatic heterocycles. The molecule has 0 fully saturated rings. The summed E-state index contributed by atoms with van der Waals surface area (Å²) in [6.45, 7) is 0. The van der Waals surface area contributed by atoms with Crippen molar-refractivity contribution in [1.82, 2.24) is 9.55 Å². The average molecular weight is 276 g/mol. The number of ether oxygens (including phenoxy) is 2. The second kappa shape index (κ2) is 5.94. The van der Waals surface area contributed by atoms with Gasteiger partial charge in [0.05, 0.1) is 17.5 Å². The molecule has 0 atom stereocenters. The Labute approximate surface area is 116 Å². The van der Waals surface area contributed by atoms with E-state index in [0.29, 0.717) is 0 Å². The average Bonchev–Trinajstić information content (AvgIpc) is 2.78. The van der Waals surface area contributed by atoms with Crippen molar-refractivity contribution in [3.63, 3.8) is 0 Å². The zero-order valence-electron chi connectivity index (χ0n) is 11.6. The quantitative estimate of drug-likeness (QED) is 0.452. The molecular weight excluding hydrogens is 260 g/mol. The lowest BCUT2D eigenvalue weighted by atomic mass is 10.2. The summed E-state index contributed by atoms with van der Waals surface area (Å²) < 4.78 is 11.4. The van der Waals surface area contributed by atoms with Gasteiger partial charge in [-0.1, -0.05) is 12.1 Å². The summed E-state index contributed by atoms with van der Waals surface area (Å²) in [5, 5.41) is 0. The van der Waals surface area contributed by atoms with Crippen molar-refractivity contribution < 1.29 is 19.1 Å². The summed E-state index contributed by atoms with van der Waals surface area (Å²) in [7, 11) is 4.45. The summed E-state index contributed by atoms with van der Waals surface area (Å²) in [6, 6.07) is 7.41. The van der Waals surface area contributed by atoms with Crippen LogP contribution in [0.1, 0.15) is 17.0 Å². The molecule has 6 nitrogen and oxygen atoms in total. The number of aryl methyl sites for hydroxylation is 1. The lowest BCUT2D eigenvalue weighted by Gasteiger charge is -2.11. The van der Waals surface area contributed by atoms with Crippen LogP contribution in [0.25, 0.3) is 11.0 Å². The molecule has 106 valence electrons. The number of imidazole rings is 1. The molecule has 1 heterocycles. The fraction of sp³-hybridized carbons (Fsp3) is 0.357. The van der Waals surface area contributed by atoms with Crippen molar-refractivity contribution in [2.75, 3.05) is 14.2 Å². The zero-order valence-corrected chi connectivity index (χ0v) is 11.6. The molecule has 0 saturated heterocycles. The van der Waals surface area contributed by atoms with Gasteiger partial charge in [-0.2, -0.15) is 0 Å². The van der Waals surface area contributed by atoms with Gasteiger partial charge in [0.1, 0.15) is 0 Å². The minimum atomic E-state index is -1.02. The molecule has 1 aromatic carbocycles. The van der Waals surface area contributed by atoms with E-state index in [9.17, 15) is 9.59 Å². The molecule has 0 aliphatic heterocycles. The van der Waals surface area contributed by atoms with Gasteiger partial charge in [-0.25, -0.2) is 4.98 Å². The predicted molar refractivity (Wildman–Crippen MR) is 72.5 cm³/mol. The molecule has 0 amide bonds. The maximum absolute atomic E-state index is 12.2. The maximum atomic E-state index is 12.2. The summed E-state index contributed by atoms with van der Waals surface area (Å²) in [6.07, 6.45) is -1.32. The number of ketones is 2. The first kappa shape index (κ1) is 14.4. The van der Waals surface area contributed by atoms with Crippen molar-refractivity contribution in [1.29, 1.82) is 0 Å². The maximum Gasteiger partial charge on any atom is 0.217 e. The molecule has 0 unspecified atom stereocenters. The van der Waals surface area contributed by atoms with Gasteiger partial charge < -0.3 is 14.0 Å². The lowest BCUT2D eigenvalue weighted by molar-refractivity contribution is -0.155. The fourth-order valence-electron chi connectivity index (χ4n) is 2.07. The predicted octanol–water partition coefficient (Wildman–Crippen LogP) is 1.33. The third-order valence-corrected chi connectivity index (χ3v) is 3.06. The second-order valence-corrected chi connectivity index (χ2v) is 4.35. The number of rotatable bonds is 6. The molecule has 0 bridgehead atoms. The molecule has 2 aromatic rings. The number of carbonyl (C=O) groups is 2. The molecule has 6 heteroatoms. The molecule has 0 radical (unpaired) electrons. The first-order chi connectivity index (χ1) is 9.58. The molecule has 0 N–H and O–H groups in total. The Kier molecular flexibility index (Phi) is 4.26. The number of benzene rings is 1. The standard InChI is InChI=1S/C14H16N2O4/c1-16-10-7-5-4-6-9(10)15-13(16)11(17)8-12(18)14(19-2)20-3/h4-7,14H,8H2,1-3H3. The van der Waals surface area contributed by atoms with Crippen LogP contribution in [0.5, 0.6) is 0 Å². The van der Waals surface area contributed by atoms with E-state index in [0.717, 1.165) is 11.0 Å². The number of methoxy groups -OCH3 is 2. The number of hydrogen-bond acceptors (Lipinski definition) is 5. The Balaban J connectivity index is 2.24. The first-order valence-electron chi connectivity index (χ1n) is 6.11. The van der Waals surface area contributed by atoms with E-state index in [1.807, 2.05) is 24.3 Å². The lowest BCUT2D eigenvalue weighted by Crippen LogP contribution is -2.27. The number of fused-ring (bicyclic) bond motifs is 1. The number of Topliss-reactive ketones (excluding diaryl/α,β-unsaturated/α-hetero) is 2. The van der Waals surface area contributed by atoms with E-state index >= 15 is 0 Å². The van der Waals surface area contributed by atoms with Gasteiger partial charge in [0, 0.05) is 21.3 Å². The van der Waals surface area contributed by atoms with Crippen LogP contribution in [0.3, 0.4) is 0 Å². The van der Waals surface area contributed by atoms with Crippen molar-refractivity contribution in [2.45, 2.75) is 12.7 Å². The Morgan fingerprint density at radius 2 is 1.90 bits per heavy atom. The largest absolute Gasteiger partial charge is 0.349 e. The molecule has 0 saturated carbocycles. The van der Waals surface area contributed by atoms with E-state index in [4.69, 9.17) is 9.47 Å². The van der Waals surface area contributed by atoms with Crippen LogP contribution in [0, 0.1) is 0 Å². The molecule has 20 heavy (non-hydrogen) atoms. The number of hydrogen-bond donors (Lipinski definition) is 0. The summed E-state index contributed by atoms with van der Waals surface area (Å²) >= 11 is 0. The topological polar surface area (TPSA) is 70.4 Å². The van der Waals surface area contributed by atoms with Crippen LogP contribution in [0.4, 0.5) is 0 Å². The Hall–Kier alpha value is -2.05. The van der Waals surface area contributed by atoms with Crippen molar-refractivity contribution in [3.05, 3.63) is 30.1 Å². The number of para-hydroxylation sites is 2. The third-order valence-electron chi connectivity index (χ3n) is 3.06. The van der Waals surface area contributed by atoms with E-state index in [1.165, 1.54) is 14.2 Å². The van der Waals surface area contributed by atoms with E-state index in [2.05, 4.69) is 4.98 Å². The van der Waals surface area contributed by atoms with Gasteiger partial charge in [0.2, 0.25) is 12.1 Å². The van der Waals surface area contributed by atoms with Gasteiger partial charge in [0.15, 0.2) is 11.6 Å². The SMILES string of the molecule is COC(OC)C(=O)CC(=O)c1nc2ccccc2n1C. The van der Waals surface area contributed by atoms with Gasteiger partial charge >= 0.3 is 0 Å². The molecule has 0 aliphatic rings. The van der Waals surface area contributed by atoms with E-state index in [1.54, 1.807) is 11.6 Å². The fourth-order valence-corrected chi connectivity index (χ4v) is 2.07. The Bertz CT molecular complexity index is 644. The van der Waals surface area contributed by atoms with Crippen LogP contribution < -0.4 is 0 Å². The van der Waals surface area contributed by atoms with Gasteiger partial charge in [0.25, 0.3) is 0 Å². The van der Waals surface area contributed by atoms with Crippen molar-refractivity contribution in [2.24, 2.45) is 7.05 Å². The molecule has 0 spiro atoms. The van der Waals surface area contributed by atoms with Crippen molar-refractivity contribution in [3.8, 4) is 0 Å². The van der Waals surface area contributed by atoms with Crippen LogP contribution in [-0.2, 0) is 21.3 Å². The van der Waals surface area contributed by atoms with Gasteiger partial charge in [-0.3, -0.25) is 9.59 Å². The second-order valence-electron chi connectivity index (χ2n) is 4.35. The van der Waals surface area contributed by atoms with Crippen LogP contribution in [0.15, 0.2) is 24.3 Å². The van der Waals surface area contributed by atoms with Crippen LogP contribution in [-0.4, -0.2) is 41.6 Å². The minimum Gasteiger partial charge on any atom is -0.349 e. The summed E-state index contributed by atoms with van der Waals surface area (Å²) in [4.78, 5) is 28.2. The number of carbonyl (C=O) groups excluding carboxylic acids is 2. The molecular formula is C14H16N2O4. The normalized spacial score (nSPS) is 11.2. The summed E-state index contributed by atoms with van der Waals surface area (Å²) in [5.74, 6) is -0.523. The highest BCUT2D eigenvalue weighted by Crippen LogP contribution is 2.15. The summed E-state index contributed by atoms with van der Waals surface area (Å²) in [5.41, 5.74) is 1.57. The molecule has 2 rings (SSSR count). The zero-order chi connectivity index (χ0) is 14.7. The third kappa shape index (κ3) is 2.61. The highest BCUT2D eigenvalue weighted by atomic mass is 16.7. The Morgan fingerprint density at radius 1 is 1.25 bits per heavy atom. The smallest absolute Gasteiger partial charge is 0.217 e. The van der Waals surface area contributed by atoms with E-state index in [-0.39, 0.29) is 18.0 Å². The van der Waals surface area contributed by atoms with Crippen LogP contribution >= 0.6 is 0 Å². The monoisotopic (exact) mass is 276 g/mol. The van der Waals surface area contributed by atoms with Gasteiger partial charge in [-0.15, -0.1) is 0 Å². The Morgan fingerprint density at radius 3 is 2.50 bits per heavy atom. The highest BCUT2D eigenvalue weighted by Gasteiger charge is 2.23. The number of aromatic nitrogens is 2. The molecule has 0 aliphatic carbocycles. The minimum absolute atomic E-state index is 0.255. The highest BCUT2D eigenvalue weighted by molar-refractivity contribution is 6.08.